The number of nitrogens with two attached hydrogens (primary N) is 2. The molecule has 0 radical (unpaired) electrons. The molecule has 3 heterocycles. The Kier molecular flexibility index (Phi) is 4.84. The number of anilines is 4. The molecule has 0 spiro atoms. The van der Waals surface area contributed by atoms with E-state index in [0.29, 0.717) is 11.7 Å². The highest BCUT2D eigenvalue weighted by atomic mass is 16.5. The van der Waals surface area contributed by atoms with Crippen molar-refractivity contribution in [2.24, 2.45) is 0 Å². The van der Waals surface area contributed by atoms with Gasteiger partial charge in [0.25, 0.3) is 0 Å². The fraction of sp³-hybridized carbons (Fsp3) is 0.250. The molecule has 1 aliphatic heterocycles. The van der Waals surface area contributed by atoms with Crippen LogP contribution in [0.2, 0.25) is 0 Å². The molecule has 1 aliphatic rings. The minimum Gasteiger partial charge on any atom is -0.481 e. The zero-order chi connectivity index (χ0) is 19.5. The highest BCUT2D eigenvalue weighted by molar-refractivity contribution is 5.69. The minimum atomic E-state index is 0.199. The topological polar surface area (TPSA) is 106 Å². The van der Waals surface area contributed by atoms with Crippen molar-refractivity contribution >= 4 is 23.1 Å². The molecule has 144 valence electrons. The van der Waals surface area contributed by atoms with Crippen molar-refractivity contribution in [3.05, 3.63) is 48.8 Å². The molecular formula is C20H23N7O. The van der Waals surface area contributed by atoms with E-state index in [4.69, 9.17) is 16.2 Å². The summed E-state index contributed by atoms with van der Waals surface area (Å²) in [6.45, 7) is 3.44. The van der Waals surface area contributed by atoms with Crippen LogP contribution in [0.3, 0.4) is 0 Å². The van der Waals surface area contributed by atoms with Crippen LogP contribution in [0.5, 0.6) is 5.88 Å². The first kappa shape index (κ1) is 17.8. The highest BCUT2D eigenvalue weighted by Gasteiger charge is 2.20. The van der Waals surface area contributed by atoms with Gasteiger partial charge in [-0.05, 0) is 23.8 Å². The summed E-state index contributed by atoms with van der Waals surface area (Å²) in [5.41, 5.74) is 15.8. The van der Waals surface area contributed by atoms with Gasteiger partial charge in [-0.25, -0.2) is 9.97 Å². The van der Waals surface area contributed by atoms with Gasteiger partial charge < -0.3 is 26.0 Å². The van der Waals surface area contributed by atoms with Crippen LogP contribution < -0.4 is 26.0 Å². The molecule has 3 aromatic rings. The van der Waals surface area contributed by atoms with Crippen LogP contribution in [-0.4, -0.2) is 48.2 Å². The molecule has 0 aliphatic carbocycles. The molecule has 0 saturated carbocycles. The first-order valence-electron chi connectivity index (χ1n) is 9.12. The van der Waals surface area contributed by atoms with Gasteiger partial charge >= 0.3 is 0 Å². The van der Waals surface area contributed by atoms with Crippen molar-refractivity contribution in [3.63, 3.8) is 0 Å². The highest BCUT2D eigenvalue weighted by Crippen LogP contribution is 2.27. The van der Waals surface area contributed by atoms with Crippen LogP contribution in [0.1, 0.15) is 0 Å². The minimum absolute atomic E-state index is 0.199. The molecular weight excluding hydrogens is 354 g/mol. The quantitative estimate of drug-likeness (QED) is 0.711. The third-order valence-electron chi connectivity index (χ3n) is 4.93. The van der Waals surface area contributed by atoms with Crippen molar-refractivity contribution in [1.29, 1.82) is 0 Å². The van der Waals surface area contributed by atoms with Crippen LogP contribution in [-0.2, 0) is 0 Å². The maximum Gasteiger partial charge on any atom is 0.222 e. The molecule has 1 aromatic carbocycles. The smallest absolute Gasteiger partial charge is 0.222 e. The van der Waals surface area contributed by atoms with Crippen molar-refractivity contribution in [2.45, 2.75) is 0 Å². The maximum absolute atomic E-state index is 6.00. The number of methoxy groups -OCH3 is 1. The molecule has 0 bridgehead atoms. The van der Waals surface area contributed by atoms with E-state index in [1.54, 1.807) is 13.3 Å². The number of rotatable bonds is 4. The van der Waals surface area contributed by atoms with Gasteiger partial charge in [-0.1, -0.05) is 12.1 Å². The Hall–Kier alpha value is -3.55. The number of hydrogen-bond acceptors (Lipinski definition) is 8. The molecule has 0 atom stereocenters. The lowest BCUT2D eigenvalue weighted by molar-refractivity contribution is 0.398. The average Bonchev–Trinajstić information content (AvgIpc) is 2.74. The standard InChI is InChI=1S/C20H23N7O/c1-28-18-6-5-15(12-23-18)14-3-2-4-16(11-14)26-7-9-27(10-8-26)17-13-24-20(22)25-19(17)21/h2-6,11-13H,7-10H2,1H3,(H4,21,22,24,25). The second kappa shape index (κ2) is 7.59. The average molecular weight is 377 g/mol. The van der Waals surface area contributed by atoms with Crippen LogP contribution >= 0.6 is 0 Å². The van der Waals surface area contributed by atoms with Gasteiger partial charge in [-0.15, -0.1) is 0 Å². The lowest BCUT2D eigenvalue weighted by Gasteiger charge is -2.37. The summed E-state index contributed by atoms with van der Waals surface area (Å²) in [7, 11) is 1.62. The summed E-state index contributed by atoms with van der Waals surface area (Å²) in [5.74, 6) is 1.24. The van der Waals surface area contributed by atoms with Crippen LogP contribution in [0, 0.1) is 0 Å². The summed E-state index contributed by atoms with van der Waals surface area (Å²) in [4.78, 5) is 17.0. The zero-order valence-corrected chi connectivity index (χ0v) is 15.7. The van der Waals surface area contributed by atoms with E-state index >= 15 is 0 Å². The summed E-state index contributed by atoms with van der Waals surface area (Å²) in [6, 6.07) is 12.4. The van der Waals surface area contributed by atoms with Crippen molar-refractivity contribution in [2.75, 3.05) is 54.6 Å². The first-order chi connectivity index (χ1) is 13.6. The second-order valence-corrected chi connectivity index (χ2v) is 6.61. The molecule has 2 aromatic heterocycles. The molecule has 0 unspecified atom stereocenters. The monoisotopic (exact) mass is 377 g/mol. The maximum atomic E-state index is 6.00. The Morgan fingerprint density at radius 3 is 2.36 bits per heavy atom. The summed E-state index contributed by atoms with van der Waals surface area (Å²) in [5, 5.41) is 0. The van der Waals surface area contributed by atoms with Crippen molar-refractivity contribution < 1.29 is 4.74 Å². The first-order valence-corrected chi connectivity index (χ1v) is 9.12. The fourth-order valence-corrected chi connectivity index (χ4v) is 3.41. The molecule has 8 nitrogen and oxygen atoms in total. The lowest BCUT2D eigenvalue weighted by Crippen LogP contribution is -2.46. The Labute approximate surface area is 163 Å². The van der Waals surface area contributed by atoms with Gasteiger partial charge in [0.15, 0.2) is 5.82 Å². The lowest BCUT2D eigenvalue weighted by atomic mass is 10.1. The van der Waals surface area contributed by atoms with E-state index in [-0.39, 0.29) is 5.95 Å². The molecule has 0 amide bonds. The Bertz CT molecular complexity index is 953. The number of nitrogens with zero attached hydrogens (tertiary/aromatic N) is 5. The van der Waals surface area contributed by atoms with E-state index < -0.39 is 0 Å². The SMILES string of the molecule is COc1ccc(-c2cccc(N3CCN(c4cnc(N)nc4N)CC3)c2)cn1. The van der Waals surface area contributed by atoms with E-state index in [1.807, 2.05) is 18.3 Å². The molecule has 28 heavy (non-hydrogen) atoms. The number of pyridine rings is 1. The van der Waals surface area contributed by atoms with Crippen molar-refractivity contribution in [3.8, 4) is 17.0 Å². The molecule has 1 saturated heterocycles. The number of nitrogen functional groups attached to an aromatic ring is 2. The van der Waals surface area contributed by atoms with Crippen LogP contribution in [0.4, 0.5) is 23.1 Å². The van der Waals surface area contributed by atoms with Gasteiger partial charge in [0.05, 0.1) is 19.0 Å². The normalized spacial score (nSPS) is 14.2. The molecule has 8 heteroatoms. The predicted molar refractivity (Wildman–Crippen MR) is 112 cm³/mol. The third kappa shape index (κ3) is 3.62. The molecule has 4 N–H and O–H groups in total. The molecule has 1 fully saturated rings. The van der Waals surface area contributed by atoms with Gasteiger partial charge in [-0.2, -0.15) is 4.98 Å². The van der Waals surface area contributed by atoms with E-state index in [1.165, 1.54) is 5.69 Å². The predicted octanol–water partition coefficient (Wildman–Crippen LogP) is 2.04. The van der Waals surface area contributed by atoms with Gasteiger partial charge in [0.1, 0.15) is 0 Å². The van der Waals surface area contributed by atoms with Gasteiger partial charge in [0.2, 0.25) is 11.8 Å². The Morgan fingerprint density at radius 2 is 1.68 bits per heavy atom. The molecule has 4 rings (SSSR count). The number of piperazine rings is 1. The van der Waals surface area contributed by atoms with Gasteiger partial charge in [-0.3, -0.25) is 0 Å². The third-order valence-corrected chi connectivity index (χ3v) is 4.93. The summed E-state index contributed by atoms with van der Waals surface area (Å²) in [6.07, 6.45) is 3.53. The Morgan fingerprint density at radius 1 is 0.893 bits per heavy atom. The number of ether oxygens (including phenoxy) is 1. The summed E-state index contributed by atoms with van der Waals surface area (Å²) >= 11 is 0. The van der Waals surface area contributed by atoms with E-state index in [0.717, 1.165) is 43.0 Å². The van der Waals surface area contributed by atoms with Crippen LogP contribution in [0.15, 0.2) is 48.8 Å². The Balaban J connectivity index is 1.47. The number of benzene rings is 1. The fourth-order valence-electron chi connectivity index (χ4n) is 3.41. The van der Waals surface area contributed by atoms with E-state index in [2.05, 4.69) is 49.0 Å². The number of aromatic nitrogens is 3. The zero-order valence-electron chi connectivity index (χ0n) is 15.7. The largest absolute Gasteiger partial charge is 0.481 e. The van der Waals surface area contributed by atoms with Crippen molar-refractivity contribution in [1.82, 2.24) is 15.0 Å². The van der Waals surface area contributed by atoms with Crippen LogP contribution in [0.25, 0.3) is 11.1 Å². The van der Waals surface area contributed by atoms with Gasteiger partial charge in [0, 0.05) is 49.7 Å². The second-order valence-electron chi connectivity index (χ2n) is 6.61. The number of hydrogen-bond donors (Lipinski definition) is 2. The summed E-state index contributed by atoms with van der Waals surface area (Å²) < 4.78 is 5.14. The van der Waals surface area contributed by atoms with E-state index in [9.17, 15) is 0 Å².